The lowest BCUT2D eigenvalue weighted by Crippen LogP contribution is -2.17. The number of alkyl halides is 1. The van der Waals surface area contributed by atoms with E-state index in [9.17, 15) is 0 Å². The third-order valence-electron chi connectivity index (χ3n) is 4.82. The van der Waals surface area contributed by atoms with E-state index in [2.05, 4.69) is 14.5 Å². The number of nitrogens with zero attached hydrogens (tertiary/aromatic N) is 3. The Morgan fingerprint density at radius 2 is 1.95 bits per heavy atom. The van der Waals surface area contributed by atoms with Crippen molar-refractivity contribution >= 4 is 22.8 Å². The molecule has 5 heteroatoms. The first-order valence-electron chi connectivity index (χ1n) is 7.76. The fourth-order valence-electron chi connectivity index (χ4n) is 3.38. The second-order valence-corrected chi connectivity index (χ2v) is 6.57. The van der Waals surface area contributed by atoms with Crippen molar-refractivity contribution in [2.45, 2.75) is 38.1 Å². The van der Waals surface area contributed by atoms with E-state index < -0.39 is 0 Å². The van der Waals surface area contributed by atoms with Gasteiger partial charge in [-0.25, -0.2) is 4.98 Å². The van der Waals surface area contributed by atoms with E-state index in [0.29, 0.717) is 11.8 Å². The van der Waals surface area contributed by atoms with Crippen LogP contribution in [0.3, 0.4) is 0 Å². The van der Waals surface area contributed by atoms with Crippen LogP contribution in [0.2, 0.25) is 0 Å². The summed E-state index contributed by atoms with van der Waals surface area (Å²) in [7, 11) is 1.65. The van der Waals surface area contributed by atoms with Crippen LogP contribution in [0.5, 0.6) is 5.88 Å². The van der Waals surface area contributed by atoms with E-state index in [1.807, 2.05) is 12.1 Å². The molecule has 0 N–H and O–H groups in total. The monoisotopic (exact) mass is 305 g/mol. The van der Waals surface area contributed by atoms with Gasteiger partial charge in [0, 0.05) is 12.6 Å². The van der Waals surface area contributed by atoms with Crippen LogP contribution < -0.4 is 4.74 Å². The van der Waals surface area contributed by atoms with Crippen LogP contribution >= 0.6 is 11.6 Å². The van der Waals surface area contributed by atoms with Gasteiger partial charge in [0.2, 0.25) is 5.88 Å². The van der Waals surface area contributed by atoms with E-state index in [4.69, 9.17) is 16.3 Å². The number of ether oxygens (including phenoxy) is 1. The zero-order valence-electron chi connectivity index (χ0n) is 12.3. The molecule has 2 aliphatic carbocycles. The highest BCUT2D eigenvalue weighted by Crippen LogP contribution is 2.50. The van der Waals surface area contributed by atoms with Gasteiger partial charge in [0.15, 0.2) is 5.65 Å². The Morgan fingerprint density at radius 3 is 2.52 bits per heavy atom. The Labute approximate surface area is 129 Å². The third kappa shape index (κ3) is 2.50. The Hall–Kier alpha value is -1.29. The lowest BCUT2D eigenvalue weighted by atomic mass is 9.98. The number of aromatic nitrogens is 3. The molecule has 4 nitrogen and oxygen atoms in total. The molecule has 4 rings (SSSR count). The van der Waals surface area contributed by atoms with Gasteiger partial charge < -0.3 is 9.30 Å². The van der Waals surface area contributed by atoms with E-state index in [0.717, 1.165) is 41.3 Å². The largest absolute Gasteiger partial charge is 0.481 e. The molecule has 0 saturated heterocycles. The second kappa shape index (κ2) is 5.16. The summed E-state index contributed by atoms with van der Waals surface area (Å²) in [5.74, 6) is 4.59. The van der Waals surface area contributed by atoms with Crippen LogP contribution in [0, 0.1) is 17.8 Å². The fourth-order valence-corrected chi connectivity index (χ4v) is 3.59. The van der Waals surface area contributed by atoms with Gasteiger partial charge in [-0.2, -0.15) is 4.98 Å². The highest BCUT2D eigenvalue weighted by Gasteiger charge is 2.41. The summed E-state index contributed by atoms with van der Waals surface area (Å²) < 4.78 is 7.49. The predicted molar refractivity (Wildman–Crippen MR) is 82.6 cm³/mol. The molecule has 2 fully saturated rings. The average Bonchev–Trinajstić information content (AvgIpc) is 3.41. The van der Waals surface area contributed by atoms with Gasteiger partial charge in [-0.1, -0.05) is 0 Å². The normalized spacial score (nSPS) is 18.6. The number of methoxy groups -OCH3 is 1. The van der Waals surface area contributed by atoms with E-state index in [-0.39, 0.29) is 0 Å². The molecule has 2 heterocycles. The van der Waals surface area contributed by atoms with E-state index >= 15 is 0 Å². The Bertz CT molecular complexity index is 649. The maximum Gasteiger partial charge on any atom is 0.215 e. The molecular formula is C16H20ClN3O. The van der Waals surface area contributed by atoms with Gasteiger partial charge in [0.1, 0.15) is 11.3 Å². The minimum atomic E-state index is 0.431. The Balaban J connectivity index is 1.73. The molecular weight excluding hydrogens is 286 g/mol. The number of hydrogen-bond donors (Lipinski definition) is 0. The number of hydrogen-bond acceptors (Lipinski definition) is 3. The summed E-state index contributed by atoms with van der Waals surface area (Å²) in [6, 6.07) is 3.83. The Morgan fingerprint density at radius 1 is 1.24 bits per heavy atom. The number of fused-ring (bicyclic) bond motifs is 1. The summed E-state index contributed by atoms with van der Waals surface area (Å²) in [6.45, 7) is 1.01. The van der Waals surface area contributed by atoms with Crippen molar-refractivity contribution in [2.75, 3.05) is 7.11 Å². The zero-order valence-corrected chi connectivity index (χ0v) is 13.0. The van der Waals surface area contributed by atoms with Crippen molar-refractivity contribution in [3.8, 4) is 5.88 Å². The van der Waals surface area contributed by atoms with Gasteiger partial charge in [-0.3, -0.25) is 0 Å². The highest BCUT2D eigenvalue weighted by molar-refractivity contribution is 6.16. The van der Waals surface area contributed by atoms with Crippen LogP contribution in [0.25, 0.3) is 11.2 Å². The standard InChI is InChI=1S/C16H20ClN3O/c1-21-15-7-6-13-16(19-15)20(14(8-17)18-13)9-12(10-2-3-10)11-4-5-11/h6-7,10-12H,2-5,8-9H2,1H3. The lowest BCUT2D eigenvalue weighted by molar-refractivity contribution is 0.348. The molecule has 112 valence electrons. The topological polar surface area (TPSA) is 39.9 Å². The summed E-state index contributed by atoms with van der Waals surface area (Å²) in [5.41, 5.74) is 1.83. The first-order chi connectivity index (χ1) is 10.3. The molecule has 0 aromatic carbocycles. The van der Waals surface area contributed by atoms with Gasteiger partial charge in [0.25, 0.3) is 0 Å². The summed E-state index contributed by atoms with van der Waals surface area (Å²) in [5, 5.41) is 0. The molecule has 2 aromatic heterocycles. The summed E-state index contributed by atoms with van der Waals surface area (Å²) >= 11 is 6.11. The number of halogens is 1. The van der Waals surface area contributed by atoms with Crippen LogP contribution in [-0.2, 0) is 12.4 Å². The molecule has 2 saturated carbocycles. The van der Waals surface area contributed by atoms with Crippen molar-refractivity contribution in [3.05, 3.63) is 18.0 Å². The van der Waals surface area contributed by atoms with Gasteiger partial charge in [-0.05, 0) is 49.5 Å². The van der Waals surface area contributed by atoms with Gasteiger partial charge in [-0.15, -0.1) is 11.6 Å². The van der Waals surface area contributed by atoms with E-state index in [1.165, 1.54) is 25.7 Å². The predicted octanol–water partition coefficient (Wildman–Crippen LogP) is 3.61. The van der Waals surface area contributed by atoms with Crippen molar-refractivity contribution in [1.82, 2.24) is 14.5 Å². The molecule has 0 amide bonds. The van der Waals surface area contributed by atoms with Crippen LogP contribution in [0.1, 0.15) is 31.5 Å². The lowest BCUT2D eigenvalue weighted by Gasteiger charge is -2.18. The maximum absolute atomic E-state index is 6.11. The number of imidazole rings is 1. The minimum absolute atomic E-state index is 0.431. The van der Waals surface area contributed by atoms with Crippen LogP contribution in [-0.4, -0.2) is 21.6 Å². The molecule has 0 radical (unpaired) electrons. The minimum Gasteiger partial charge on any atom is -0.481 e. The van der Waals surface area contributed by atoms with Gasteiger partial charge >= 0.3 is 0 Å². The average molecular weight is 306 g/mol. The zero-order chi connectivity index (χ0) is 14.4. The number of pyridine rings is 1. The van der Waals surface area contributed by atoms with E-state index in [1.54, 1.807) is 7.11 Å². The molecule has 2 aliphatic rings. The molecule has 0 unspecified atom stereocenters. The van der Waals surface area contributed by atoms with Gasteiger partial charge in [0.05, 0.1) is 13.0 Å². The highest BCUT2D eigenvalue weighted by atomic mass is 35.5. The van der Waals surface area contributed by atoms with Crippen LogP contribution in [0.4, 0.5) is 0 Å². The number of rotatable bonds is 6. The first kappa shape index (κ1) is 13.4. The van der Waals surface area contributed by atoms with Crippen molar-refractivity contribution in [2.24, 2.45) is 17.8 Å². The fraction of sp³-hybridized carbons (Fsp3) is 0.625. The SMILES string of the molecule is COc1ccc2nc(CCl)n(CC(C3CC3)C3CC3)c2n1. The molecule has 2 aromatic rings. The molecule has 0 aliphatic heterocycles. The van der Waals surface area contributed by atoms with Crippen molar-refractivity contribution in [3.63, 3.8) is 0 Å². The molecule has 21 heavy (non-hydrogen) atoms. The smallest absolute Gasteiger partial charge is 0.215 e. The van der Waals surface area contributed by atoms with Crippen molar-refractivity contribution < 1.29 is 4.74 Å². The third-order valence-corrected chi connectivity index (χ3v) is 5.06. The van der Waals surface area contributed by atoms with Crippen molar-refractivity contribution in [1.29, 1.82) is 0 Å². The quantitative estimate of drug-likeness (QED) is 0.765. The molecule has 0 bridgehead atoms. The second-order valence-electron chi connectivity index (χ2n) is 6.31. The maximum atomic E-state index is 6.11. The molecule has 0 atom stereocenters. The first-order valence-corrected chi connectivity index (χ1v) is 8.29. The summed E-state index contributed by atoms with van der Waals surface area (Å²) in [4.78, 5) is 9.23. The Kier molecular flexibility index (Phi) is 3.29. The van der Waals surface area contributed by atoms with Crippen LogP contribution in [0.15, 0.2) is 12.1 Å². The molecule has 0 spiro atoms. The summed E-state index contributed by atoms with van der Waals surface area (Å²) in [6.07, 6.45) is 5.56.